The van der Waals surface area contributed by atoms with Crippen LogP contribution in [0.4, 0.5) is 5.69 Å². The fourth-order valence-electron chi connectivity index (χ4n) is 4.41. The molecule has 0 aromatic heterocycles. The van der Waals surface area contributed by atoms with E-state index in [2.05, 4.69) is 0 Å². The first-order valence-corrected chi connectivity index (χ1v) is 12.1. The van der Waals surface area contributed by atoms with Crippen molar-refractivity contribution < 1.29 is 22.7 Å². The van der Waals surface area contributed by atoms with Crippen molar-refractivity contribution in [2.75, 3.05) is 18.1 Å². The van der Waals surface area contributed by atoms with Crippen molar-refractivity contribution >= 4 is 21.6 Å². The second-order valence-corrected chi connectivity index (χ2v) is 10.2. The van der Waals surface area contributed by atoms with E-state index in [9.17, 15) is 13.2 Å². The van der Waals surface area contributed by atoms with Crippen LogP contribution in [-0.2, 0) is 23.0 Å². The van der Waals surface area contributed by atoms with Gasteiger partial charge in [-0.2, -0.15) is 0 Å². The predicted octanol–water partition coefficient (Wildman–Crippen LogP) is 3.83. The van der Waals surface area contributed by atoms with Crippen LogP contribution in [0, 0.1) is 0 Å². The lowest BCUT2D eigenvalue weighted by Crippen LogP contribution is -2.36. The summed E-state index contributed by atoms with van der Waals surface area (Å²) >= 11 is 0. The Morgan fingerprint density at radius 1 is 1.03 bits per heavy atom. The highest BCUT2D eigenvalue weighted by Gasteiger charge is 2.36. The number of hydrogen-bond acceptors (Lipinski definition) is 5. The topological polar surface area (TPSA) is 76.2 Å². The molecule has 0 aliphatic carbocycles. The molecule has 0 saturated carbocycles. The number of nitrogens with zero attached hydrogens (tertiary/aromatic N) is 2. The molecular formula is C25H24N2O5S. The van der Waals surface area contributed by atoms with E-state index < -0.39 is 10.0 Å². The molecule has 3 aromatic rings. The summed E-state index contributed by atoms with van der Waals surface area (Å²) in [6.07, 6.45) is 0.659. The number of hydrogen-bond donors (Lipinski definition) is 0. The van der Waals surface area contributed by atoms with E-state index in [0.29, 0.717) is 35.7 Å². The van der Waals surface area contributed by atoms with Gasteiger partial charge in [-0.1, -0.05) is 30.3 Å². The normalized spacial score (nSPS) is 16.5. The van der Waals surface area contributed by atoms with Crippen LogP contribution >= 0.6 is 0 Å². The zero-order valence-corrected chi connectivity index (χ0v) is 19.2. The molecule has 0 fully saturated rings. The van der Waals surface area contributed by atoms with Crippen LogP contribution in [0.1, 0.15) is 28.4 Å². The molecule has 7 nitrogen and oxygen atoms in total. The van der Waals surface area contributed by atoms with Crippen molar-refractivity contribution in [2.24, 2.45) is 0 Å². The minimum absolute atomic E-state index is 0.105. The van der Waals surface area contributed by atoms with Gasteiger partial charge in [-0.05, 0) is 60.9 Å². The molecular weight excluding hydrogens is 440 g/mol. The van der Waals surface area contributed by atoms with Crippen molar-refractivity contribution in [2.45, 2.75) is 30.8 Å². The standard InChI is InChI=1S/C25H24N2O5S/c1-17-12-19-6-3-4-9-22(19)27(17)33(29,30)21-8-5-7-20(14-21)25(28)26(2)15-18-10-11-23-24(13-18)32-16-31-23/h3-11,13-14,17H,12,15-16H2,1-2H3. The first kappa shape index (κ1) is 21.3. The summed E-state index contributed by atoms with van der Waals surface area (Å²) in [4.78, 5) is 14.8. The van der Waals surface area contributed by atoms with Crippen LogP contribution in [0.25, 0.3) is 0 Å². The molecule has 0 bridgehead atoms. The van der Waals surface area contributed by atoms with Gasteiger partial charge in [0.05, 0.1) is 10.6 Å². The maximum absolute atomic E-state index is 13.5. The summed E-state index contributed by atoms with van der Waals surface area (Å²) in [5.41, 5.74) is 2.91. The van der Waals surface area contributed by atoms with Crippen LogP contribution in [0.5, 0.6) is 11.5 Å². The van der Waals surface area contributed by atoms with Gasteiger partial charge >= 0.3 is 0 Å². The van der Waals surface area contributed by atoms with Crippen molar-refractivity contribution in [1.29, 1.82) is 0 Å². The molecule has 0 N–H and O–H groups in total. The highest BCUT2D eigenvalue weighted by atomic mass is 32.2. The fourth-order valence-corrected chi connectivity index (χ4v) is 6.15. The monoisotopic (exact) mass is 464 g/mol. The zero-order valence-electron chi connectivity index (χ0n) is 18.4. The van der Waals surface area contributed by atoms with Gasteiger partial charge in [0.2, 0.25) is 6.79 Å². The number of sulfonamides is 1. The lowest BCUT2D eigenvalue weighted by molar-refractivity contribution is 0.0784. The summed E-state index contributed by atoms with van der Waals surface area (Å²) in [6, 6.07) is 19.1. The van der Waals surface area contributed by atoms with Crippen LogP contribution in [0.2, 0.25) is 0 Å². The Bertz CT molecular complexity index is 1340. The Balaban J connectivity index is 1.39. The molecule has 1 unspecified atom stereocenters. The van der Waals surface area contributed by atoms with Crippen molar-refractivity contribution in [3.8, 4) is 11.5 Å². The first-order valence-electron chi connectivity index (χ1n) is 10.7. The Kier molecular flexibility index (Phi) is 5.25. The van der Waals surface area contributed by atoms with Gasteiger partial charge in [0.25, 0.3) is 15.9 Å². The summed E-state index contributed by atoms with van der Waals surface area (Å²) in [5.74, 6) is 1.07. The van der Waals surface area contributed by atoms with E-state index in [-0.39, 0.29) is 23.6 Å². The highest BCUT2D eigenvalue weighted by molar-refractivity contribution is 7.92. The van der Waals surface area contributed by atoms with Gasteiger partial charge in [-0.3, -0.25) is 9.10 Å². The van der Waals surface area contributed by atoms with E-state index in [0.717, 1.165) is 11.1 Å². The van der Waals surface area contributed by atoms with Crippen molar-refractivity contribution in [3.05, 3.63) is 83.4 Å². The van der Waals surface area contributed by atoms with E-state index in [1.807, 2.05) is 49.4 Å². The van der Waals surface area contributed by atoms with Crippen LogP contribution in [0.3, 0.4) is 0 Å². The maximum atomic E-state index is 13.5. The maximum Gasteiger partial charge on any atom is 0.264 e. The molecule has 8 heteroatoms. The molecule has 0 spiro atoms. The zero-order chi connectivity index (χ0) is 23.2. The Hall–Kier alpha value is -3.52. The Morgan fingerprint density at radius 3 is 2.67 bits per heavy atom. The Morgan fingerprint density at radius 2 is 1.82 bits per heavy atom. The molecule has 0 radical (unpaired) electrons. The summed E-state index contributed by atoms with van der Waals surface area (Å²) in [7, 11) is -2.13. The third-order valence-corrected chi connectivity index (χ3v) is 7.91. The number of ether oxygens (including phenoxy) is 2. The average Bonchev–Trinajstić information content (AvgIpc) is 3.41. The molecule has 33 heavy (non-hydrogen) atoms. The van der Waals surface area contributed by atoms with Crippen molar-refractivity contribution in [3.63, 3.8) is 0 Å². The quantitative estimate of drug-likeness (QED) is 0.574. The molecule has 1 amide bonds. The minimum Gasteiger partial charge on any atom is -0.454 e. The Labute approximate surface area is 193 Å². The van der Waals surface area contributed by atoms with Gasteiger partial charge in [-0.15, -0.1) is 0 Å². The van der Waals surface area contributed by atoms with Gasteiger partial charge in [0, 0.05) is 25.2 Å². The smallest absolute Gasteiger partial charge is 0.264 e. The number of rotatable bonds is 5. The largest absolute Gasteiger partial charge is 0.454 e. The van der Waals surface area contributed by atoms with E-state index in [1.54, 1.807) is 24.1 Å². The van der Waals surface area contributed by atoms with Gasteiger partial charge in [0.1, 0.15) is 0 Å². The molecule has 2 heterocycles. The van der Waals surface area contributed by atoms with E-state index in [1.165, 1.54) is 16.4 Å². The minimum atomic E-state index is -3.82. The second-order valence-electron chi connectivity index (χ2n) is 8.36. The third kappa shape index (κ3) is 3.80. The lowest BCUT2D eigenvalue weighted by Gasteiger charge is -2.25. The predicted molar refractivity (Wildman–Crippen MR) is 124 cm³/mol. The molecule has 2 aliphatic heterocycles. The molecule has 0 saturated heterocycles. The summed E-state index contributed by atoms with van der Waals surface area (Å²) in [6.45, 7) is 2.43. The number of carbonyl (C=O) groups is 1. The number of fused-ring (bicyclic) bond motifs is 2. The van der Waals surface area contributed by atoms with Crippen LogP contribution in [-0.4, -0.2) is 39.1 Å². The van der Waals surface area contributed by atoms with Gasteiger partial charge in [-0.25, -0.2) is 8.42 Å². The average molecular weight is 465 g/mol. The number of carbonyl (C=O) groups excluding carboxylic acids is 1. The summed E-state index contributed by atoms with van der Waals surface area (Å²) < 4.78 is 39.2. The fraction of sp³-hybridized carbons (Fsp3) is 0.240. The SMILES string of the molecule is CC1Cc2ccccc2N1S(=O)(=O)c1cccc(C(=O)N(C)Cc2ccc3c(c2)OCO3)c1. The van der Waals surface area contributed by atoms with Crippen molar-refractivity contribution in [1.82, 2.24) is 4.90 Å². The van der Waals surface area contributed by atoms with E-state index in [4.69, 9.17) is 9.47 Å². The summed E-state index contributed by atoms with van der Waals surface area (Å²) in [5, 5.41) is 0. The molecule has 3 aromatic carbocycles. The molecule has 2 aliphatic rings. The van der Waals surface area contributed by atoms with Crippen LogP contribution < -0.4 is 13.8 Å². The highest BCUT2D eigenvalue weighted by Crippen LogP contribution is 2.37. The lowest BCUT2D eigenvalue weighted by atomic mass is 10.1. The third-order valence-electron chi connectivity index (χ3n) is 5.99. The van der Waals surface area contributed by atoms with Gasteiger partial charge in [0.15, 0.2) is 11.5 Å². The number of amides is 1. The molecule has 1 atom stereocenters. The number of benzene rings is 3. The molecule has 170 valence electrons. The molecule has 5 rings (SSSR count). The second kappa shape index (κ2) is 8.12. The van der Waals surface area contributed by atoms with Gasteiger partial charge < -0.3 is 14.4 Å². The first-order chi connectivity index (χ1) is 15.8. The van der Waals surface area contributed by atoms with E-state index >= 15 is 0 Å². The number of para-hydroxylation sites is 1. The number of anilines is 1. The van der Waals surface area contributed by atoms with Crippen LogP contribution in [0.15, 0.2) is 71.6 Å².